The second kappa shape index (κ2) is 10.2. The Morgan fingerprint density at radius 2 is 1.85 bits per heavy atom. The maximum Gasteiger partial charge on any atom is 0.232 e. The number of phenols is 1. The van der Waals surface area contributed by atoms with Crippen LogP contribution in [0.4, 0.5) is 5.69 Å². The van der Waals surface area contributed by atoms with Crippen LogP contribution in [-0.4, -0.2) is 50.4 Å². The summed E-state index contributed by atoms with van der Waals surface area (Å²) in [5.41, 5.74) is 1.29. The largest absolute Gasteiger partial charge is 0.508 e. The van der Waals surface area contributed by atoms with Crippen molar-refractivity contribution in [2.45, 2.75) is 53.4 Å². The lowest BCUT2D eigenvalue weighted by Gasteiger charge is -2.36. The molecule has 0 radical (unpaired) electrons. The summed E-state index contributed by atoms with van der Waals surface area (Å²) in [5, 5.41) is 10.2. The fourth-order valence-corrected chi connectivity index (χ4v) is 4.25. The van der Waals surface area contributed by atoms with Gasteiger partial charge in [0.05, 0.1) is 38.1 Å². The smallest absolute Gasteiger partial charge is 0.232 e. The number of unbranched alkanes of at least 4 members (excludes halogenated alkanes) is 1. The van der Waals surface area contributed by atoms with E-state index < -0.39 is 10.0 Å². The van der Waals surface area contributed by atoms with E-state index in [1.165, 1.54) is 25.6 Å². The standard InChI is InChI=1S/C20H36N2O3S/c1-6-13-22(5,16-17(3)4)14-9-8-10-18-11-12-19(15-20(18)23)21-26(24,25)7-2/h11-12,15,17,21H,6-10,13-14,16H2,1-5H3/p+1. The number of nitrogens with one attached hydrogen (secondary N) is 1. The Morgan fingerprint density at radius 3 is 2.38 bits per heavy atom. The molecule has 0 aliphatic carbocycles. The van der Waals surface area contributed by atoms with Crippen molar-refractivity contribution in [3.05, 3.63) is 23.8 Å². The van der Waals surface area contributed by atoms with Crippen molar-refractivity contribution in [1.82, 2.24) is 0 Å². The SMILES string of the molecule is CCC[N+](C)(CCCCc1ccc(NS(=O)(=O)CC)cc1O)CC(C)C. The van der Waals surface area contributed by atoms with E-state index in [4.69, 9.17) is 0 Å². The zero-order valence-corrected chi connectivity index (χ0v) is 17.9. The Balaban J connectivity index is 2.57. The highest BCUT2D eigenvalue weighted by molar-refractivity contribution is 7.92. The molecule has 0 aliphatic rings. The molecular weight excluding hydrogens is 348 g/mol. The van der Waals surface area contributed by atoms with Crippen LogP contribution in [0.25, 0.3) is 0 Å². The van der Waals surface area contributed by atoms with Crippen molar-refractivity contribution in [3.8, 4) is 5.75 Å². The fraction of sp³-hybridized carbons (Fsp3) is 0.700. The Bertz CT molecular complexity index is 659. The van der Waals surface area contributed by atoms with Gasteiger partial charge in [-0.05, 0) is 44.2 Å². The number of hydrogen-bond acceptors (Lipinski definition) is 3. The van der Waals surface area contributed by atoms with Gasteiger partial charge >= 0.3 is 0 Å². The first-order valence-corrected chi connectivity index (χ1v) is 11.4. The first kappa shape index (κ1) is 22.8. The van der Waals surface area contributed by atoms with Crippen molar-refractivity contribution >= 4 is 15.7 Å². The highest BCUT2D eigenvalue weighted by atomic mass is 32.2. The third-order valence-corrected chi connectivity index (χ3v) is 6.01. The average Bonchev–Trinajstić information content (AvgIpc) is 2.52. The number of aryl methyl sites for hydroxylation is 1. The number of sulfonamides is 1. The summed E-state index contributed by atoms with van der Waals surface area (Å²) in [6.45, 7) is 11.9. The number of aromatic hydroxyl groups is 1. The first-order valence-electron chi connectivity index (χ1n) is 9.76. The monoisotopic (exact) mass is 385 g/mol. The molecule has 0 fully saturated rings. The van der Waals surface area contributed by atoms with E-state index in [2.05, 4.69) is 32.5 Å². The summed E-state index contributed by atoms with van der Waals surface area (Å²) < 4.78 is 26.8. The molecule has 1 atom stereocenters. The molecule has 0 aliphatic heterocycles. The van der Waals surface area contributed by atoms with Gasteiger partial charge in [-0.1, -0.05) is 26.8 Å². The molecule has 1 aromatic carbocycles. The van der Waals surface area contributed by atoms with Crippen molar-refractivity contribution in [2.24, 2.45) is 5.92 Å². The van der Waals surface area contributed by atoms with E-state index in [0.29, 0.717) is 11.6 Å². The summed E-state index contributed by atoms with van der Waals surface area (Å²) in [5.74, 6) is 0.866. The lowest BCUT2D eigenvalue weighted by molar-refractivity contribution is -0.912. The van der Waals surface area contributed by atoms with E-state index >= 15 is 0 Å². The van der Waals surface area contributed by atoms with Crippen LogP contribution in [0, 0.1) is 5.92 Å². The summed E-state index contributed by atoms with van der Waals surface area (Å²) >= 11 is 0. The van der Waals surface area contributed by atoms with Crippen LogP contribution in [-0.2, 0) is 16.4 Å². The lowest BCUT2D eigenvalue weighted by Crippen LogP contribution is -2.47. The summed E-state index contributed by atoms with van der Waals surface area (Å²) in [4.78, 5) is 0. The number of quaternary nitrogens is 1. The number of hydrogen-bond donors (Lipinski definition) is 2. The maximum atomic E-state index is 11.6. The third-order valence-electron chi connectivity index (χ3n) is 4.70. The molecule has 5 nitrogen and oxygen atoms in total. The Labute approximate surface area is 160 Å². The summed E-state index contributed by atoms with van der Waals surface area (Å²) in [6, 6.07) is 5.04. The van der Waals surface area contributed by atoms with Gasteiger partial charge in [-0.2, -0.15) is 0 Å². The van der Waals surface area contributed by atoms with Gasteiger partial charge in [-0.3, -0.25) is 4.72 Å². The van der Waals surface area contributed by atoms with Gasteiger partial charge in [0.2, 0.25) is 10.0 Å². The first-order chi connectivity index (χ1) is 12.1. The number of rotatable bonds is 12. The number of nitrogens with zero attached hydrogens (tertiary/aromatic N) is 1. The Morgan fingerprint density at radius 1 is 1.15 bits per heavy atom. The van der Waals surface area contributed by atoms with Crippen molar-refractivity contribution in [2.75, 3.05) is 37.2 Å². The van der Waals surface area contributed by atoms with E-state index in [-0.39, 0.29) is 11.5 Å². The molecule has 0 spiro atoms. The van der Waals surface area contributed by atoms with Crippen molar-refractivity contribution in [1.29, 1.82) is 0 Å². The predicted octanol–water partition coefficient (Wildman–Crippen LogP) is 3.99. The fourth-order valence-electron chi connectivity index (χ4n) is 3.62. The predicted molar refractivity (Wildman–Crippen MR) is 110 cm³/mol. The minimum Gasteiger partial charge on any atom is -0.508 e. The molecule has 0 aromatic heterocycles. The summed E-state index contributed by atoms with van der Waals surface area (Å²) in [6.07, 6.45) is 4.13. The van der Waals surface area contributed by atoms with Gasteiger partial charge in [-0.15, -0.1) is 0 Å². The van der Waals surface area contributed by atoms with Gasteiger partial charge in [-0.25, -0.2) is 8.42 Å². The molecule has 150 valence electrons. The zero-order valence-electron chi connectivity index (χ0n) is 17.1. The Hall–Kier alpha value is -1.27. The molecule has 26 heavy (non-hydrogen) atoms. The molecule has 2 N–H and O–H groups in total. The second-order valence-corrected chi connectivity index (χ2v) is 9.96. The van der Waals surface area contributed by atoms with Crippen molar-refractivity contribution in [3.63, 3.8) is 0 Å². The lowest BCUT2D eigenvalue weighted by atomic mass is 10.1. The normalized spacial score (nSPS) is 14.4. The average molecular weight is 386 g/mol. The third kappa shape index (κ3) is 7.96. The van der Waals surface area contributed by atoms with Gasteiger partial charge in [0.1, 0.15) is 5.75 Å². The van der Waals surface area contributed by atoms with E-state index in [0.717, 1.165) is 35.9 Å². The molecule has 0 amide bonds. The van der Waals surface area contributed by atoms with Crippen LogP contribution in [0.5, 0.6) is 5.75 Å². The van der Waals surface area contributed by atoms with Crippen LogP contribution in [0.3, 0.4) is 0 Å². The van der Waals surface area contributed by atoms with Crippen molar-refractivity contribution < 1.29 is 18.0 Å². The van der Waals surface area contributed by atoms with E-state index in [1.807, 2.05) is 6.07 Å². The molecule has 0 saturated carbocycles. The number of benzene rings is 1. The molecular formula is C20H37N2O3S+. The van der Waals surface area contributed by atoms with Gasteiger partial charge in [0.25, 0.3) is 0 Å². The molecule has 1 aromatic rings. The van der Waals surface area contributed by atoms with Crippen LogP contribution in [0.1, 0.15) is 52.5 Å². The van der Waals surface area contributed by atoms with Crippen LogP contribution in [0.15, 0.2) is 18.2 Å². The van der Waals surface area contributed by atoms with E-state index in [9.17, 15) is 13.5 Å². The van der Waals surface area contributed by atoms with Gasteiger partial charge in [0, 0.05) is 12.0 Å². The van der Waals surface area contributed by atoms with E-state index in [1.54, 1.807) is 13.0 Å². The van der Waals surface area contributed by atoms with Crippen LogP contribution in [0.2, 0.25) is 0 Å². The van der Waals surface area contributed by atoms with Gasteiger partial charge < -0.3 is 9.59 Å². The molecule has 0 saturated heterocycles. The topological polar surface area (TPSA) is 66.4 Å². The zero-order chi connectivity index (χ0) is 19.8. The molecule has 6 heteroatoms. The second-order valence-electron chi connectivity index (χ2n) is 7.95. The van der Waals surface area contributed by atoms with Crippen LogP contribution < -0.4 is 4.72 Å². The molecule has 1 rings (SSSR count). The minimum atomic E-state index is -3.32. The van der Waals surface area contributed by atoms with Gasteiger partial charge in [0.15, 0.2) is 0 Å². The molecule has 1 unspecified atom stereocenters. The highest BCUT2D eigenvalue weighted by Crippen LogP contribution is 2.24. The Kier molecular flexibility index (Phi) is 8.90. The summed E-state index contributed by atoms with van der Waals surface area (Å²) in [7, 11) is -0.975. The highest BCUT2D eigenvalue weighted by Gasteiger charge is 2.21. The minimum absolute atomic E-state index is 0.0146. The quantitative estimate of drug-likeness (QED) is 0.422. The molecule has 0 heterocycles. The number of phenolic OH excluding ortho intramolecular Hbond substituents is 1. The maximum absolute atomic E-state index is 11.6. The number of anilines is 1. The molecule has 0 bridgehead atoms. The van der Waals surface area contributed by atoms with Crippen LogP contribution >= 0.6 is 0 Å².